The molecule has 3 aromatic rings. The Morgan fingerprint density at radius 3 is 2.52 bits per heavy atom. The molecule has 0 atom stereocenters. The smallest absolute Gasteiger partial charge is 0.243 e. The molecule has 23 heavy (non-hydrogen) atoms. The molecule has 5 heteroatoms. The molecule has 1 aromatic heterocycles. The van der Waals surface area contributed by atoms with Crippen molar-refractivity contribution in [1.82, 2.24) is 8.87 Å². The Kier molecular flexibility index (Phi) is 3.88. The summed E-state index contributed by atoms with van der Waals surface area (Å²) in [7, 11) is -1.60. The predicted molar refractivity (Wildman–Crippen MR) is 93.7 cm³/mol. The van der Waals surface area contributed by atoms with Crippen molar-refractivity contribution in [2.75, 3.05) is 13.1 Å². The van der Waals surface area contributed by atoms with Crippen molar-refractivity contribution in [1.29, 1.82) is 0 Å². The minimum atomic E-state index is -3.58. The number of benzene rings is 2. The predicted octanol–water partition coefficient (Wildman–Crippen LogP) is 2.98. The molecule has 0 radical (unpaired) electrons. The number of nitrogens with zero attached hydrogens (tertiary/aromatic N) is 2. The van der Waals surface area contributed by atoms with Gasteiger partial charge in [0.2, 0.25) is 10.0 Å². The third-order valence-electron chi connectivity index (χ3n) is 4.14. The van der Waals surface area contributed by atoms with Gasteiger partial charge >= 0.3 is 0 Å². The van der Waals surface area contributed by atoms with Crippen LogP contribution < -0.4 is 0 Å². The van der Waals surface area contributed by atoms with Gasteiger partial charge in [0, 0.05) is 35.4 Å². The largest absolute Gasteiger partial charge is 0.344 e. The van der Waals surface area contributed by atoms with Crippen LogP contribution in [0.25, 0.3) is 21.8 Å². The average molecular weight is 326 g/mol. The lowest BCUT2D eigenvalue weighted by molar-refractivity contribution is 0.464. The number of rotatable bonds is 4. The van der Waals surface area contributed by atoms with Gasteiger partial charge in [-0.2, -0.15) is 4.31 Å². The van der Waals surface area contributed by atoms with Crippen molar-refractivity contribution in [3.63, 3.8) is 0 Å². The van der Waals surface area contributed by atoms with E-state index in [0.29, 0.717) is 6.54 Å². The Morgan fingerprint density at radius 1 is 1.13 bits per heavy atom. The lowest BCUT2D eigenvalue weighted by Gasteiger charge is -2.17. The van der Waals surface area contributed by atoms with Gasteiger partial charge in [0.1, 0.15) is 0 Å². The van der Waals surface area contributed by atoms with E-state index in [2.05, 4.69) is 10.5 Å². The number of aryl methyl sites for hydroxylation is 1. The van der Waals surface area contributed by atoms with E-state index in [-0.39, 0.29) is 11.4 Å². The van der Waals surface area contributed by atoms with Gasteiger partial charge in [-0.1, -0.05) is 31.0 Å². The maximum absolute atomic E-state index is 12.8. The number of aromatic nitrogens is 1. The van der Waals surface area contributed by atoms with Crippen molar-refractivity contribution in [3.8, 4) is 12.3 Å². The molecule has 0 saturated heterocycles. The zero-order valence-corrected chi connectivity index (χ0v) is 14.0. The lowest BCUT2D eigenvalue weighted by atomic mass is 10.1. The fraction of sp³-hybridized carbons (Fsp3) is 0.222. The van der Waals surface area contributed by atoms with E-state index in [4.69, 9.17) is 6.42 Å². The van der Waals surface area contributed by atoms with Gasteiger partial charge in [0.15, 0.2) is 0 Å². The summed E-state index contributed by atoms with van der Waals surface area (Å²) in [6, 6.07) is 13.2. The summed E-state index contributed by atoms with van der Waals surface area (Å²) >= 11 is 0. The Hall–Kier alpha value is -2.29. The maximum atomic E-state index is 12.8. The molecule has 0 amide bonds. The third-order valence-corrected chi connectivity index (χ3v) is 6.06. The number of fused-ring (bicyclic) bond motifs is 3. The van der Waals surface area contributed by atoms with Crippen LogP contribution in [0, 0.1) is 12.3 Å². The second-order valence-corrected chi connectivity index (χ2v) is 7.33. The molecule has 4 nitrogen and oxygen atoms in total. The summed E-state index contributed by atoms with van der Waals surface area (Å²) in [5.41, 5.74) is 2.08. The molecular weight excluding hydrogens is 308 g/mol. The summed E-state index contributed by atoms with van der Waals surface area (Å²) in [4.78, 5) is 0.276. The molecule has 0 aliphatic heterocycles. The minimum Gasteiger partial charge on any atom is -0.344 e. The Labute approximate surface area is 136 Å². The number of para-hydroxylation sites is 1. The van der Waals surface area contributed by atoms with E-state index in [1.165, 1.54) is 4.31 Å². The highest BCUT2D eigenvalue weighted by Crippen LogP contribution is 2.30. The normalized spacial score (nSPS) is 12.1. The molecule has 0 saturated carbocycles. The highest BCUT2D eigenvalue weighted by Gasteiger charge is 2.23. The molecule has 2 aromatic carbocycles. The van der Waals surface area contributed by atoms with E-state index in [1.54, 1.807) is 19.1 Å². The standard InChI is InChI=1S/C18H18N2O2S/c1-4-12-20(5-2)23(21,22)14-10-11-18-16(13-14)15-8-6-7-9-17(15)19(18)3/h1,6-11,13H,5,12H2,2-3H3. The SMILES string of the molecule is C#CCN(CC)S(=O)(=O)c1ccc2c(c1)c1ccccc1n2C. The van der Waals surface area contributed by atoms with E-state index in [0.717, 1.165) is 21.8 Å². The number of hydrogen-bond acceptors (Lipinski definition) is 2. The third kappa shape index (κ3) is 2.40. The number of hydrogen-bond donors (Lipinski definition) is 0. The Bertz CT molecular complexity index is 1030. The Morgan fingerprint density at radius 2 is 1.83 bits per heavy atom. The van der Waals surface area contributed by atoms with Crippen LogP contribution in [0.1, 0.15) is 6.92 Å². The Balaban J connectivity index is 2.25. The molecule has 118 valence electrons. The zero-order chi connectivity index (χ0) is 16.6. The van der Waals surface area contributed by atoms with Crippen molar-refractivity contribution < 1.29 is 8.42 Å². The molecule has 0 aliphatic rings. The van der Waals surface area contributed by atoms with Gasteiger partial charge in [0.05, 0.1) is 11.4 Å². The first-order chi connectivity index (χ1) is 11.0. The molecule has 1 heterocycles. The van der Waals surface area contributed by atoms with Crippen molar-refractivity contribution in [2.45, 2.75) is 11.8 Å². The fourth-order valence-corrected chi connectivity index (χ4v) is 4.31. The van der Waals surface area contributed by atoms with E-state index < -0.39 is 10.0 Å². The second-order valence-electron chi connectivity index (χ2n) is 5.39. The first kappa shape index (κ1) is 15.6. The molecular formula is C18H18N2O2S. The monoisotopic (exact) mass is 326 g/mol. The first-order valence-electron chi connectivity index (χ1n) is 7.41. The molecule has 0 spiro atoms. The van der Waals surface area contributed by atoms with Gasteiger partial charge in [-0.05, 0) is 24.3 Å². The highest BCUT2D eigenvalue weighted by molar-refractivity contribution is 7.89. The summed E-state index contributed by atoms with van der Waals surface area (Å²) in [6.07, 6.45) is 5.29. The van der Waals surface area contributed by atoms with Crippen LogP contribution in [-0.4, -0.2) is 30.4 Å². The summed E-state index contributed by atoms with van der Waals surface area (Å²) in [6.45, 7) is 2.21. The van der Waals surface area contributed by atoms with Gasteiger partial charge in [-0.3, -0.25) is 0 Å². The molecule has 0 unspecified atom stereocenters. The van der Waals surface area contributed by atoms with Crippen LogP contribution >= 0.6 is 0 Å². The summed E-state index contributed by atoms with van der Waals surface area (Å²) in [5, 5.41) is 1.97. The van der Waals surface area contributed by atoms with Crippen LogP contribution in [0.5, 0.6) is 0 Å². The number of terminal acetylenes is 1. The van der Waals surface area contributed by atoms with Crippen LogP contribution in [0.3, 0.4) is 0 Å². The second kappa shape index (κ2) is 5.73. The van der Waals surface area contributed by atoms with E-state index >= 15 is 0 Å². The lowest BCUT2D eigenvalue weighted by Crippen LogP contribution is -2.31. The van der Waals surface area contributed by atoms with Gasteiger partial charge < -0.3 is 4.57 Å². The molecule has 0 N–H and O–H groups in total. The zero-order valence-electron chi connectivity index (χ0n) is 13.2. The van der Waals surface area contributed by atoms with Crippen LogP contribution in [-0.2, 0) is 17.1 Å². The van der Waals surface area contributed by atoms with E-state index in [1.807, 2.05) is 37.4 Å². The van der Waals surface area contributed by atoms with Crippen LogP contribution in [0.15, 0.2) is 47.4 Å². The topological polar surface area (TPSA) is 42.3 Å². The summed E-state index contributed by atoms with van der Waals surface area (Å²) < 4.78 is 28.9. The minimum absolute atomic E-state index is 0.0758. The van der Waals surface area contributed by atoms with Crippen molar-refractivity contribution >= 4 is 31.8 Å². The summed E-state index contributed by atoms with van der Waals surface area (Å²) in [5.74, 6) is 2.41. The first-order valence-corrected chi connectivity index (χ1v) is 8.85. The van der Waals surface area contributed by atoms with E-state index in [9.17, 15) is 8.42 Å². The average Bonchev–Trinajstić information content (AvgIpc) is 2.85. The van der Waals surface area contributed by atoms with Crippen LogP contribution in [0.4, 0.5) is 0 Å². The van der Waals surface area contributed by atoms with Crippen molar-refractivity contribution in [2.24, 2.45) is 7.05 Å². The van der Waals surface area contributed by atoms with Crippen LogP contribution in [0.2, 0.25) is 0 Å². The van der Waals surface area contributed by atoms with Gasteiger partial charge in [-0.15, -0.1) is 6.42 Å². The fourth-order valence-electron chi connectivity index (χ4n) is 2.93. The highest BCUT2D eigenvalue weighted by atomic mass is 32.2. The van der Waals surface area contributed by atoms with Gasteiger partial charge in [-0.25, -0.2) is 8.42 Å². The molecule has 0 fully saturated rings. The molecule has 3 rings (SSSR count). The maximum Gasteiger partial charge on any atom is 0.243 e. The quantitative estimate of drug-likeness (QED) is 0.692. The van der Waals surface area contributed by atoms with Gasteiger partial charge in [0.25, 0.3) is 0 Å². The molecule has 0 bridgehead atoms. The number of sulfonamides is 1. The molecule has 0 aliphatic carbocycles. The van der Waals surface area contributed by atoms with Crippen molar-refractivity contribution in [3.05, 3.63) is 42.5 Å².